The second-order valence-electron chi connectivity index (χ2n) is 4.28. The lowest BCUT2D eigenvalue weighted by Gasteiger charge is -2.16. The molecule has 1 unspecified atom stereocenters. The average Bonchev–Trinajstić information content (AvgIpc) is 2.26. The molecule has 17 heavy (non-hydrogen) atoms. The molecule has 1 amide bonds. The van der Waals surface area contributed by atoms with E-state index < -0.39 is 0 Å². The van der Waals surface area contributed by atoms with Crippen molar-refractivity contribution < 1.29 is 9.53 Å². The molecule has 0 heterocycles. The zero-order chi connectivity index (χ0) is 12.8. The van der Waals surface area contributed by atoms with Crippen LogP contribution >= 0.6 is 0 Å². The Labute approximate surface area is 102 Å². The van der Waals surface area contributed by atoms with Gasteiger partial charge in [-0.15, -0.1) is 0 Å². The molecule has 1 aromatic rings. The number of carbonyl (C=O) groups excluding carboxylic acids is 1. The second-order valence-corrected chi connectivity index (χ2v) is 4.28. The number of rotatable bonds is 6. The van der Waals surface area contributed by atoms with Crippen molar-refractivity contribution in [2.45, 2.75) is 39.5 Å². The number of hydrogen-bond donors (Lipinski definition) is 2. The molecule has 94 valence electrons. The molecule has 0 spiro atoms. The van der Waals surface area contributed by atoms with E-state index in [0.29, 0.717) is 6.54 Å². The fourth-order valence-electron chi connectivity index (χ4n) is 1.38. The molecule has 4 heteroatoms. The van der Waals surface area contributed by atoms with Crippen molar-refractivity contribution in [3.05, 3.63) is 29.8 Å². The van der Waals surface area contributed by atoms with Gasteiger partial charge >= 0.3 is 0 Å². The van der Waals surface area contributed by atoms with Crippen LogP contribution in [0.3, 0.4) is 0 Å². The molecular formula is C13H20N2O2. The van der Waals surface area contributed by atoms with Crippen LogP contribution < -0.4 is 15.8 Å². The summed E-state index contributed by atoms with van der Waals surface area (Å²) < 4.78 is 5.68. The van der Waals surface area contributed by atoms with Gasteiger partial charge in [0, 0.05) is 12.1 Å². The van der Waals surface area contributed by atoms with Gasteiger partial charge in [0.15, 0.2) is 0 Å². The molecule has 0 fully saturated rings. The van der Waals surface area contributed by atoms with Crippen molar-refractivity contribution in [3.63, 3.8) is 0 Å². The van der Waals surface area contributed by atoms with Crippen molar-refractivity contribution in [1.29, 1.82) is 0 Å². The number of para-hydroxylation sites is 1. The van der Waals surface area contributed by atoms with Gasteiger partial charge < -0.3 is 15.8 Å². The van der Waals surface area contributed by atoms with Crippen molar-refractivity contribution in [1.82, 2.24) is 5.32 Å². The van der Waals surface area contributed by atoms with Gasteiger partial charge in [0.25, 0.3) is 0 Å². The van der Waals surface area contributed by atoms with Gasteiger partial charge in [-0.05, 0) is 26.8 Å². The van der Waals surface area contributed by atoms with Gasteiger partial charge in [0.2, 0.25) is 5.91 Å². The van der Waals surface area contributed by atoms with Crippen LogP contribution in [0.25, 0.3) is 0 Å². The third kappa shape index (κ3) is 4.44. The first kappa shape index (κ1) is 13.5. The van der Waals surface area contributed by atoms with Crippen molar-refractivity contribution >= 4 is 5.91 Å². The quantitative estimate of drug-likeness (QED) is 0.785. The monoisotopic (exact) mass is 236 g/mol. The first-order valence-corrected chi connectivity index (χ1v) is 5.78. The van der Waals surface area contributed by atoms with Gasteiger partial charge in [0.05, 0.1) is 12.1 Å². The third-order valence-corrected chi connectivity index (χ3v) is 2.36. The maximum absolute atomic E-state index is 10.9. The molecule has 0 saturated carbocycles. The van der Waals surface area contributed by atoms with E-state index in [1.165, 1.54) is 0 Å². The van der Waals surface area contributed by atoms with E-state index in [-0.39, 0.29) is 18.1 Å². The highest BCUT2D eigenvalue weighted by Crippen LogP contribution is 2.19. The summed E-state index contributed by atoms with van der Waals surface area (Å²) in [6.45, 7) is 6.27. The van der Waals surface area contributed by atoms with E-state index in [2.05, 4.69) is 5.32 Å². The van der Waals surface area contributed by atoms with Crippen molar-refractivity contribution in [2.75, 3.05) is 0 Å². The Kier molecular flexibility index (Phi) is 4.97. The summed E-state index contributed by atoms with van der Waals surface area (Å²) in [5, 5.41) is 3.06. The zero-order valence-electron chi connectivity index (χ0n) is 10.6. The molecule has 0 bridgehead atoms. The molecule has 1 rings (SSSR count). The molecule has 0 aliphatic heterocycles. The minimum atomic E-state index is -0.354. The Bertz CT molecular complexity index is 377. The lowest BCUT2D eigenvalue weighted by Crippen LogP contribution is -2.38. The summed E-state index contributed by atoms with van der Waals surface area (Å²) in [5.41, 5.74) is 6.21. The first-order valence-electron chi connectivity index (χ1n) is 5.78. The van der Waals surface area contributed by atoms with E-state index in [0.717, 1.165) is 11.3 Å². The number of ether oxygens (including phenoxy) is 1. The highest BCUT2D eigenvalue weighted by Gasteiger charge is 2.09. The van der Waals surface area contributed by atoms with Crippen molar-refractivity contribution in [3.8, 4) is 5.75 Å². The zero-order valence-corrected chi connectivity index (χ0v) is 10.6. The largest absolute Gasteiger partial charge is 0.491 e. The topological polar surface area (TPSA) is 64.3 Å². The molecule has 0 aliphatic carbocycles. The van der Waals surface area contributed by atoms with Gasteiger partial charge in [-0.1, -0.05) is 18.2 Å². The summed E-state index contributed by atoms with van der Waals surface area (Å²) in [4.78, 5) is 10.9. The van der Waals surface area contributed by atoms with E-state index in [4.69, 9.17) is 10.5 Å². The number of nitrogens with one attached hydrogen (secondary N) is 1. The molecule has 0 saturated heterocycles. The third-order valence-electron chi connectivity index (χ3n) is 2.36. The van der Waals surface area contributed by atoms with Crippen LogP contribution in [0, 0.1) is 0 Å². The molecule has 1 atom stereocenters. The number of nitrogens with two attached hydrogens (primary N) is 1. The summed E-state index contributed by atoms with van der Waals surface area (Å²) in [5.74, 6) is 0.485. The standard InChI is InChI=1S/C13H20N2O2/c1-9(2)17-12-7-5-4-6-11(12)8-15-10(3)13(14)16/h4-7,9-10,15H,8H2,1-3H3,(H2,14,16). The first-order chi connectivity index (χ1) is 8.00. The minimum absolute atomic E-state index is 0.129. The minimum Gasteiger partial charge on any atom is -0.491 e. The molecule has 3 N–H and O–H groups in total. The Balaban J connectivity index is 2.66. The second kappa shape index (κ2) is 6.25. The summed E-state index contributed by atoms with van der Waals surface area (Å²) in [6, 6.07) is 7.42. The van der Waals surface area contributed by atoms with Crippen LogP contribution in [0.5, 0.6) is 5.75 Å². The van der Waals surface area contributed by atoms with Crippen LogP contribution in [-0.4, -0.2) is 18.1 Å². The smallest absolute Gasteiger partial charge is 0.234 e. The normalized spacial score (nSPS) is 12.5. The molecule has 1 aromatic carbocycles. The number of amides is 1. The van der Waals surface area contributed by atoms with Crippen molar-refractivity contribution in [2.24, 2.45) is 5.73 Å². The fraction of sp³-hybridized carbons (Fsp3) is 0.462. The Morgan fingerprint density at radius 3 is 2.59 bits per heavy atom. The molecular weight excluding hydrogens is 216 g/mol. The van der Waals surface area contributed by atoms with E-state index >= 15 is 0 Å². The Morgan fingerprint density at radius 1 is 1.35 bits per heavy atom. The summed E-state index contributed by atoms with van der Waals surface area (Å²) >= 11 is 0. The lowest BCUT2D eigenvalue weighted by molar-refractivity contribution is -0.119. The maximum Gasteiger partial charge on any atom is 0.234 e. The summed E-state index contributed by atoms with van der Waals surface area (Å²) in [7, 11) is 0. The molecule has 4 nitrogen and oxygen atoms in total. The van der Waals surface area contributed by atoms with Crippen LogP contribution in [0.1, 0.15) is 26.3 Å². The molecule has 0 aromatic heterocycles. The van der Waals surface area contributed by atoms with Gasteiger partial charge in [0.1, 0.15) is 5.75 Å². The Morgan fingerprint density at radius 2 is 2.00 bits per heavy atom. The summed E-state index contributed by atoms with van der Waals surface area (Å²) in [6.07, 6.45) is 0.129. The van der Waals surface area contributed by atoms with Crippen LogP contribution in [0.4, 0.5) is 0 Å². The van der Waals surface area contributed by atoms with E-state index in [1.54, 1.807) is 6.92 Å². The maximum atomic E-state index is 10.9. The number of primary amides is 1. The lowest BCUT2D eigenvalue weighted by atomic mass is 10.2. The number of carbonyl (C=O) groups is 1. The molecule has 0 aliphatic rings. The SMILES string of the molecule is CC(C)Oc1ccccc1CNC(C)C(N)=O. The predicted octanol–water partition coefficient (Wildman–Crippen LogP) is 1.44. The van der Waals surface area contributed by atoms with Crippen LogP contribution in [-0.2, 0) is 11.3 Å². The highest BCUT2D eigenvalue weighted by atomic mass is 16.5. The van der Waals surface area contributed by atoms with Crippen LogP contribution in [0.15, 0.2) is 24.3 Å². The van der Waals surface area contributed by atoms with Crippen LogP contribution in [0.2, 0.25) is 0 Å². The molecule has 0 radical (unpaired) electrons. The van der Waals surface area contributed by atoms with E-state index in [1.807, 2.05) is 38.1 Å². The van der Waals surface area contributed by atoms with Gasteiger partial charge in [-0.25, -0.2) is 0 Å². The highest BCUT2D eigenvalue weighted by molar-refractivity contribution is 5.79. The predicted molar refractivity (Wildman–Crippen MR) is 67.7 cm³/mol. The van der Waals surface area contributed by atoms with Gasteiger partial charge in [-0.2, -0.15) is 0 Å². The number of hydrogen-bond acceptors (Lipinski definition) is 3. The van der Waals surface area contributed by atoms with E-state index in [9.17, 15) is 4.79 Å². The number of benzene rings is 1. The average molecular weight is 236 g/mol. The fourth-order valence-corrected chi connectivity index (χ4v) is 1.38. The van der Waals surface area contributed by atoms with Gasteiger partial charge in [-0.3, -0.25) is 4.79 Å². The Hall–Kier alpha value is -1.55.